The second-order valence-electron chi connectivity index (χ2n) is 6.64. The Morgan fingerprint density at radius 2 is 2.13 bits per heavy atom. The Morgan fingerprint density at radius 1 is 1.37 bits per heavy atom. The van der Waals surface area contributed by atoms with Crippen molar-refractivity contribution in [2.45, 2.75) is 19.1 Å². The zero-order valence-electron chi connectivity index (χ0n) is 15.7. The van der Waals surface area contributed by atoms with Gasteiger partial charge in [-0.05, 0) is 30.3 Å². The molecule has 1 aromatic heterocycles. The van der Waals surface area contributed by atoms with Gasteiger partial charge in [-0.2, -0.15) is 13.2 Å². The van der Waals surface area contributed by atoms with Crippen LogP contribution < -0.4 is 15.8 Å². The van der Waals surface area contributed by atoms with E-state index in [1.54, 1.807) is 0 Å². The molecule has 0 fully saturated rings. The molecule has 0 aliphatic carbocycles. The van der Waals surface area contributed by atoms with Crippen LogP contribution in [-0.4, -0.2) is 36.3 Å². The number of nitrogens with two attached hydrogens (primary N) is 1. The number of hydrogen-bond acceptors (Lipinski definition) is 6. The highest BCUT2D eigenvalue weighted by molar-refractivity contribution is 6.04. The summed E-state index contributed by atoms with van der Waals surface area (Å²) in [5, 5.41) is 2.49. The third-order valence-electron chi connectivity index (χ3n) is 4.25. The summed E-state index contributed by atoms with van der Waals surface area (Å²) in [6.07, 6.45) is -3.33. The number of carbonyl (C=O) groups is 1. The topological polar surface area (TPSA) is 98.8 Å². The molecule has 3 N–H and O–H groups in total. The largest absolute Gasteiger partial charge is 0.482 e. The Morgan fingerprint density at radius 3 is 2.87 bits per heavy atom. The van der Waals surface area contributed by atoms with Crippen LogP contribution in [0.15, 0.2) is 41.5 Å². The van der Waals surface area contributed by atoms with Crippen molar-refractivity contribution in [2.75, 3.05) is 18.5 Å². The number of pyridine rings is 1. The number of nitrogens with one attached hydrogen (secondary N) is 1. The van der Waals surface area contributed by atoms with E-state index in [9.17, 15) is 22.4 Å². The van der Waals surface area contributed by atoms with Gasteiger partial charge in [0, 0.05) is 23.4 Å². The minimum absolute atomic E-state index is 0.0631. The minimum Gasteiger partial charge on any atom is -0.482 e. The molecular formula is C19H18F4N4O3. The molecule has 30 heavy (non-hydrogen) atoms. The van der Waals surface area contributed by atoms with Gasteiger partial charge in [0.15, 0.2) is 18.1 Å². The van der Waals surface area contributed by atoms with Crippen LogP contribution in [0.5, 0.6) is 5.75 Å². The maximum atomic E-state index is 14.4. The third kappa shape index (κ3) is 5.16. The van der Waals surface area contributed by atoms with E-state index in [0.29, 0.717) is 0 Å². The number of aliphatic imine (C=N–C) groups is 1. The zero-order chi connectivity index (χ0) is 21.9. The molecular weight excluding hydrogens is 408 g/mol. The lowest BCUT2D eigenvalue weighted by atomic mass is 9.94. The van der Waals surface area contributed by atoms with Crippen LogP contribution in [0.1, 0.15) is 29.0 Å². The summed E-state index contributed by atoms with van der Waals surface area (Å²) in [6, 6.07) is 5.71. The third-order valence-corrected chi connectivity index (χ3v) is 4.25. The molecule has 7 nitrogen and oxygen atoms in total. The summed E-state index contributed by atoms with van der Waals surface area (Å²) >= 11 is 0. The Bertz CT molecular complexity index is 965. The Hall–Kier alpha value is -3.37. The highest BCUT2D eigenvalue weighted by atomic mass is 19.4. The number of rotatable bonds is 5. The zero-order valence-corrected chi connectivity index (χ0v) is 15.7. The van der Waals surface area contributed by atoms with Crippen molar-refractivity contribution in [3.8, 4) is 5.75 Å². The van der Waals surface area contributed by atoms with Gasteiger partial charge in [0.1, 0.15) is 5.82 Å². The lowest BCUT2D eigenvalue weighted by Gasteiger charge is -2.26. The SMILES string of the molecule is CC1COC(N)=NC1c1cc(NC(=O)c2ncccc2OCC(F)(F)F)ccc1F. The summed E-state index contributed by atoms with van der Waals surface area (Å²) in [4.78, 5) is 20.5. The summed E-state index contributed by atoms with van der Waals surface area (Å²) in [7, 11) is 0. The molecule has 2 atom stereocenters. The molecule has 11 heteroatoms. The first kappa shape index (κ1) is 21.3. The molecule has 0 radical (unpaired) electrons. The van der Waals surface area contributed by atoms with Crippen LogP contribution in [0.25, 0.3) is 0 Å². The van der Waals surface area contributed by atoms with Gasteiger partial charge in [0.2, 0.25) is 0 Å². The van der Waals surface area contributed by atoms with Gasteiger partial charge in [0.25, 0.3) is 11.9 Å². The van der Waals surface area contributed by atoms with Crippen LogP contribution >= 0.6 is 0 Å². The highest BCUT2D eigenvalue weighted by Crippen LogP contribution is 2.33. The highest BCUT2D eigenvalue weighted by Gasteiger charge is 2.30. The van der Waals surface area contributed by atoms with Crippen molar-refractivity contribution >= 4 is 17.6 Å². The molecule has 1 aromatic carbocycles. The van der Waals surface area contributed by atoms with Crippen LogP contribution in [0, 0.1) is 11.7 Å². The van der Waals surface area contributed by atoms with E-state index in [4.69, 9.17) is 10.5 Å². The van der Waals surface area contributed by atoms with Gasteiger partial charge in [0.05, 0.1) is 12.6 Å². The predicted octanol–water partition coefficient (Wildman–Crippen LogP) is 3.44. The first-order valence-electron chi connectivity index (χ1n) is 8.85. The number of hydrogen-bond donors (Lipinski definition) is 2. The maximum Gasteiger partial charge on any atom is 0.422 e. The second kappa shape index (κ2) is 8.56. The van der Waals surface area contributed by atoms with Gasteiger partial charge in [-0.25, -0.2) is 14.4 Å². The number of benzene rings is 1. The number of amidine groups is 1. The van der Waals surface area contributed by atoms with Crippen LogP contribution in [0.3, 0.4) is 0 Å². The normalized spacial score (nSPS) is 18.9. The molecule has 1 aliphatic heterocycles. The summed E-state index contributed by atoms with van der Waals surface area (Å²) in [5.74, 6) is -1.86. The summed E-state index contributed by atoms with van der Waals surface area (Å²) in [5.41, 5.74) is 5.64. The van der Waals surface area contributed by atoms with E-state index in [0.717, 1.165) is 6.07 Å². The summed E-state index contributed by atoms with van der Waals surface area (Å²) in [6.45, 7) is 0.494. The molecule has 0 bridgehead atoms. The van der Waals surface area contributed by atoms with Crippen LogP contribution in [-0.2, 0) is 4.74 Å². The number of amides is 1. The number of anilines is 1. The number of carbonyl (C=O) groups excluding carboxylic acids is 1. The molecule has 3 rings (SSSR count). The van der Waals surface area contributed by atoms with Crippen molar-refractivity contribution in [1.29, 1.82) is 0 Å². The number of halogens is 4. The Labute approximate surface area is 168 Å². The summed E-state index contributed by atoms with van der Waals surface area (Å²) < 4.78 is 61.5. The van der Waals surface area contributed by atoms with Crippen molar-refractivity contribution in [3.05, 3.63) is 53.6 Å². The molecule has 1 aliphatic rings. The number of nitrogens with zero attached hydrogens (tertiary/aromatic N) is 2. The molecule has 0 saturated heterocycles. The van der Waals surface area contributed by atoms with E-state index in [1.165, 1.54) is 30.5 Å². The number of ether oxygens (including phenoxy) is 2. The molecule has 1 amide bonds. The molecule has 2 heterocycles. The van der Waals surface area contributed by atoms with E-state index >= 15 is 0 Å². The van der Waals surface area contributed by atoms with Gasteiger partial charge in [-0.15, -0.1) is 0 Å². The van der Waals surface area contributed by atoms with Crippen LogP contribution in [0.2, 0.25) is 0 Å². The molecule has 160 valence electrons. The maximum absolute atomic E-state index is 14.4. The fourth-order valence-corrected chi connectivity index (χ4v) is 2.86. The van der Waals surface area contributed by atoms with Gasteiger partial charge < -0.3 is 20.5 Å². The fourth-order valence-electron chi connectivity index (χ4n) is 2.86. The van der Waals surface area contributed by atoms with Crippen LogP contribution in [0.4, 0.5) is 23.2 Å². The molecule has 0 spiro atoms. The lowest BCUT2D eigenvalue weighted by Crippen LogP contribution is -2.29. The van der Waals surface area contributed by atoms with Crippen molar-refractivity contribution in [2.24, 2.45) is 16.6 Å². The van der Waals surface area contributed by atoms with Gasteiger partial charge in [-0.3, -0.25) is 4.79 Å². The van der Waals surface area contributed by atoms with E-state index < -0.39 is 30.5 Å². The number of aromatic nitrogens is 1. The van der Waals surface area contributed by atoms with Crippen molar-refractivity contribution in [3.63, 3.8) is 0 Å². The van der Waals surface area contributed by atoms with E-state index in [1.807, 2.05) is 6.92 Å². The average molecular weight is 426 g/mol. The van der Waals surface area contributed by atoms with Crippen molar-refractivity contribution in [1.82, 2.24) is 4.98 Å². The quantitative estimate of drug-likeness (QED) is 0.714. The Balaban J connectivity index is 1.82. The molecule has 2 unspecified atom stereocenters. The van der Waals surface area contributed by atoms with E-state index in [2.05, 4.69) is 20.0 Å². The molecule has 2 aromatic rings. The predicted molar refractivity (Wildman–Crippen MR) is 99.6 cm³/mol. The lowest BCUT2D eigenvalue weighted by molar-refractivity contribution is -0.153. The van der Waals surface area contributed by atoms with E-state index in [-0.39, 0.29) is 41.2 Å². The monoisotopic (exact) mass is 426 g/mol. The first-order chi connectivity index (χ1) is 14.1. The molecule has 0 saturated carbocycles. The smallest absolute Gasteiger partial charge is 0.422 e. The fraction of sp³-hybridized carbons (Fsp3) is 0.316. The average Bonchev–Trinajstić information content (AvgIpc) is 2.69. The van der Waals surface area contributed by atoms with Gasteiger partial charge in [-0.1, -0.05) is 6.92 Å². The van der Waals surface area contributed by atoms with Gasteiger partial charge >= 0.3 is 6.18 Å². The minimum atomic E-state index is -4.57. The Kier molecular flexibility index (Phi) is 6.09. The standard InChI is InChI=1S/C19H18F4N4O3/c1-10-8-29-18(24)27-15(10)12-7-11(4-5-13(12)20)26-17(28)16-14(3-2-6-25-16)30-9-19(21,22)23/h2-7,10,15H,8-9H2,1H3,(H2,24,27)(H,26,28). The first-order valence-corrected chi connectivity index (χ1v) is 8.85. The number of alkyl halides is 3. The second-order valence-corrected chi connectivity index (χ2v) is 6.64. The van der Waals surface area contributed by atoms with Crippen molar-refractivity contribution < 1.29 is 31.8 Å².